The number of Topliss-reactive ketones (excluding diaryl/α,β-unsaturated/α-hetero) is 1. The zero-order valence-electron chi connectivity index (χ0n) is 12.0. The molecule has 9 nitrogen and oxygen atoms in total. The first-order chi connectivity index (χ1) is 10.7. The maximum absolute atomic E-state index is 11.2. The quantitative estimate of drug-likeness (QED) is 0.432. The second kappa shape index (κ2) is 6.50. The summed E-state index contributed by atoms with van der Waals surface area (Å²) in [6.45, 7) is 1.26. The van der Waals surface area contributed by atoms with Crippen LogP contribution in [0.1, 0.15) is 17.3 Å². The molecule has 0 spiro atoms. The molecule has 0 aromatic heterocycles. The minimum absolute atomic E-state index is 0.0238. The predicted octanol–water partition coefficient (Wildman–Crippen LogP) is -1.13. The summed E-state index contributed by atoms with van der Waals surface area (Å²) < 4.78 is 10.1. The number of rotatable bonds is 4. The van der Waals surface area contributed by atoms with Crippen LogP contribution in [0.15, 0.2) is 18.2 Å². The van der Waals surface area contributed by atoms with Gasteiger partial charge in [0, 0.05) is 6.07 Å². The molecule has 2 rings (SSSR count). The largest absolute Gasteiger partial charge is 0.507 e. The molecule has 1 aliphatic rings. The molecule has 5 unspecified atom stereocenters. The Bertz CT molecular complexity index is 614. The number of aliphatic hydroxyl groups is 3. The van der Waals surface area contributed by atoms with E-state index in [1.54, 1.807) is 0 Å². The van der Waals surface area contributed by atoms with E-state index in [1.807, 2.05) is 0 Å². The Balaban J connectivity index is 2.19. The van der Waals surface area contributed by atoms with Gasteiger partial charge in [-0.05, 0) is 19.1 Å². The molecule has 9 heteroatoms. The average molecular weight is 328 g/mol. The summed E-state index contributed by atoms with van der Waals surface area (Å²) in [5.41, 5.74) is 0.0568. The second-order valence-corrected chi connectivity index (χ2v) is 5.09. The van der Waals surface area contributed by atoms with Crippen LogP contribution >= 0.6 is 0 Å². The maximum atomic E-state index is 11.2. The van der Waals surface area contributed by atoms with Gasteiger partial charge in [0.2, 0.25) is 6.29 Å². The smallest absolute Gasteiger partial charge is 0.335 e. The minimum Gasteiger partial charge on any atom is -0.507 e. The lowest BCUT2D eigenvalue weighted by Crippen LogP contribution is -2.61. The molecular weight excluding hydrogens is 312 g/mol. The summed E-state index contributed by atoms with van der Waals surface area (Å²) in [6, 6.07) is 3.67. The molecule has 1 aromatic carbocycles. The van der Waals surface area contributed by atoms with Crippen LogP contribution < -0.4 is 4.74 Å². The van der Waals surface area contributed by atoms with Gasteiger partial charge in [-0.15, -0.1) is 0 Å². The molecule has 23 heavy (non-hydrogen) atoms. The van der Waals surface area contributed by atoms with Gasteiger partial charge in [0.15, 0.2) is 11.9 Å². The maximum Gasteiger partial charge on any atom is 0.335 e. The van der Waals surface area contributed by atoms with Gasteiger partial charge in [-0.1, -0.05) is 0 Å². The van der Waals surface area contributed by atoms with Crippen LogP contribution in [0.25, 0.3) is 0 Å². The number of aliphatic carboxylic acids is 1. The first-order valence-electron chi connectivity index (χ1n) is 6.65. The standard InChI is InChI=1S/C14H16O9/c1-5(15)7-3-2-6(4-8(7)16)22-14-11(19)9(17)10(18)12(23-14)13(20)21/h2-4,9-12,14,16-19H,1H3,(H,20,21). The van der Waals surface area contributed by atoms with Crippen LogP contribution in [0, 0.1) is 0 Å². The molecule has 0 amide bonds. The number of phenolic OH excluding ortho intramolecular Hbond substituents is 1. The summed E-state index contributed by atoms with van der Waals surface area (Å²) >= 11 is 0. The number of aromatic hydroxyl groups is 1. The van der Waals surface area contributed by atoms with Gasteiger partial charge in [0.1, 0.15) is 29.8 Å². The summed E-state index contributed by atoms with van der Waals surface area (Å²) in [5, 5.41) is 47.7. The lowest BCUT2D eigenvalue weighted by Gasteiger charge is -2.38. The highest BCUT2D eigenvalue weighted by Crippen LogP contribution is 2.28. The van der Waals surface area contributed by atoms with Crippen LogP contribution in [0.2, 0.25) is 0 Å². The van der Waals surface area contributed by atoms with Gasteiger partial charge in [-0.3, -0.25) is 4.79 Å². The van der Waals surface area contributed by atoms with Gasteiger partial charge in [-0.25, -0.2) is 4.79 Å². The second-order valence-electron chi connectivity index (χ2n) is 5.09. The van der Waals surface area contributed by atoms with Crippen molar-refractivity contribution in [1.29, 1.82) is 0 Å². The number of hydrogen-bond donors (Lipinski definition) is 5. The van der Waals surface area contributed by atoms with Crippen molar-refractivity contribution in [2.45, 2.75) is 37.6 Å². The lowest BCUT2D eigenvalue weighted by atomic mass is 9.99. The van der Waals surface area contributed by atoms with E-state index in [0.29, 0.717) is 0 Å². The van der Waals surface area contributed by atoms with E-state index < -0.39 is 36.7 Å². The number of benzene rings is 1. The molecule has 1 fully saturated rings. The first-order valence-corrected chi connectivity index (χ1v) is 6.65. The molecule has 1 heterocycles. The Morgan fingerprint density at radius 2 is 1.78 bits per heavy atom. The topological polar surface area (TPSA) is 154 Å². The third-order valence-corrected chi connectivity index (χ3v) is 3.41. The van der Waals surface area contributed by atoms with Crippen molar-refractivity contribution in [2.24, 2.45) is 0 Å². The Labute approximate surface area is 130 Å². The predicted molar refractivity (Wildman–Crippen MR) is 73.1 cm³/mol. The molecule has 0 bridgehead atoms. The molecule has 0 aliphatic carbocycles. The highest BCUT2D eigenvalue weighted by atomic mass is 16.7. The monoisotopic (exact) mass is 328 g/mol. The number of carboxylic acids is 1. The van der Waals surface area contributed by atoms with Crippen molar-refractivity contribution >= 4 is 11.8 Å². The van der Waals surface area contributed by atoms with E-state index >= 15 is 0 Å². The van der Waals surface area contributed by atoms with Crippen LogP contribution in [0.4, 0.5) is 0 Å². The normalized spacial score (nSPS) is 30.7. The summed E-state index contributed by atoms with van der Waals surface area (Å²) in [5.74, 6) is -2.29. The first kappa shape index (κ1) is 17.2. The molecule has 0 radical (unpaired) electrons. The number of carbonyl (C=O) groups excluding carboxylic acids is 1. The molecule has 1 aromatic rings. The molecule has 5 N–H and O–H groups in total. The molecule has 1 aliphatic heterocycles. The highest BCUT2D eigenvalue weighted by Gasteiger charge is 2.48. The molecular formula is C14H16O9. The number of phenols is 1. The number of ether oxygens (including phenoxy) is 2. The average Bonchev–Trinajstić information content (AvgIpc) is 2.47. The Hall–Kier alpha value is -2.20. The van der Waals surface area contributed by atoms with Crippen molar-refractivity contribution in [1.82, 2.24) is 0 Å². The third-order valence-electron chi connectivity index (χ3n) is 3.41. The van der Waals surface area contributed by atoms with Crippen molar-refractivity contribution in [3.05, 3.63) is 23.8 Å². The van der Waals surface area contributed by atoms with Crippen LogP contribution in [-0.2, 0) is 9.53 Å². The van der Waals surface area contributed by atoms with Gasteiger partial charge in [-0.2, -0.15) is 0 Å². The van der Waals surface area contributed by atoms with Gasteiger partial charge in [0.05, 0.1) is 5.56 Å². The van der Waals surface area contributed by atoms with E-state index in [0.717, 1.165) is 6.07 Å². The number of aliphatic hydroxyl groups excluding tert-OH is 3. The van der Waals surface area contributed by atoms with Crippen LogP contribution in [0.5, 0.6) is 11.5 Å². The Kier molecular flexibility index (Phi) is 4.85. The van der Waals surface area contributed by atoms with E-state index in [4.69, 9.17) is 14.6 Å². The van der Waals surface area contributed by atoms with Gasteiger partial charge < -0.3 is 35.0 Å². The van der Waals surface area contributed by atoms with Crippen molar-refractivity contribution in [3.63, 3.8) is 0 Å². The number of hydrogen-bond acceptors (Lipinski definition) is 8. The summed E-state index contributed by atoms with van der Waals surface area (Å²) in [7, 11) is 0. The van der Waals surface area contributed by atoms with E-state index in [9.17, 15) is 30.0 Å². The summed E-state index contributed by atoms with van der Waals surface area (Å²) in [4.78, 5) is 22.2. The van der Waals surface area contributed by atoms with Gasteiger partial charge in [0.25, 0.3) is 0 Å². The van der Waals surface area contributed by atoms with Crippen molar-refractivity contribution in [2.75, 3.05) is 0 Å². The fraction of sp³-hybridized carbons (Fsp3) is 0.429. The van der Waals surface area contributed by atoms with Crippen LogP contribution in [0.3, 0.4) is 0 Å². The third kappa shape index (κ3) is 3.42. The zero-order valence-corrected chi connectivity index (χ0v) is 12.0. The SMILES string of the molecule is CC(=O)c1ccc(OC2OC(C(=O)O)C(O)C(O)C2O)cc1O. The van der Waals surface area contributed by atoms with Crippen LogP contribution in [-0.4, -0.2) is 68.0 Å². The fourth-order valence-electron chi connectivity index (χ4n) is 2.17. The highest BCUT2D eigenvalue weighted by molar-refractivity contribution is 5.96. The zero-order chi connectivity index (χ0) is 17.3. The Morgan fingerprint density at radius 3 is 2.30 bits per heavy atom. The number of ketones is 1. The Morgan fingerprint density at radius 1 is 1.13 bits per heavy atom. The summed E-state index contributed by atoms with van der Waals surface area (Å²) in [6.07, 6.45) is -8.70. The van der Waals surface area contributed by atoms with Gasteiger partial charge >= 0.3 is 5.97 Å². The van der Waals surface area contributed by atoms with Crippen molar-refractivity contribution < 1.29 is 44.6 Å². The van der Waals surface area contributed by atoms with E-state index in [1.165, 1.54) is 19.1 Å². The molecule has 5 atom stereocenters. The number of carbonyl (C=O) groups is 2. The fourth-order valence-corrected chi connectivity index (χ4v) is 2.17. The van der Waals surface area contributed by atoms with E-state index in [2.05, 4.69) is 0 Å². The lowest BCUT2D eigenvalue weighted by molar-refractivity contribution is -0.271. The van der Waals surface area contributed by atoms with E-state index in [-0.39, 0.29) is 22.8 Å². The molecule has 126 valence electrons. The number of carboxylic acid groups (broad SMARTS) is 1. The molecule has 1 saturated heterocycles. The minimum atomic E-state index is -1.82. The van der Waals surface area contributed by atoms with Crippen molar-refractivity contribution in [3.8, 4) is 11.5 Å². The molecule has 0 saturated carbocycles.